The summed E-state index contributed by atoms with van der Waals surface area (Å²) >= 11 is 9.81. The van der Waals surface area contributed by atoms with Crippen LogP contribution in [0.5, 0.6) is 5.75 Å². The Kier molecular flexibility index (Phi) is 6.41. The number of carbonyl (C=O) groups excluding carboxylic acids is 1. The van der Waals surface area contributed by atoms with Crippen LogP contribution in [0.1, 0.15) is 38.4 Å². The number of hydrogen-bond donors (Lipinski definition) is 0. The van der Waals surface area contributed by atoms with Gasteiger partial charge in [-0.15, -0.1) is 0 Å². The highest BCUT2D eigenvalue weighted by Crippen LogP contribution is 2.48. The van der Waals surface area contributed by atoms with Gasteiger partial charge < -0.3 is 14.5 Å². The van der Waals surface area contributed by atoms with Crippen molar-refractivity contribution in [3.8, 4) is 5.75 Å². The molecule has 0 saturated carbocycles. The molecular formula is C29H28BrClN2O2. The van der Waals surface area contributed by atoms with Gasteiger partial charge in [-0.2, -0.15) is 0 Å². The topological polar surface area (TPSA) is 32.8 Å². The molecule has 1 aliphatic carbocycles. The predicted molar refractivity (Wildman–Crippen MR) is 146 cm³/mol. The van der Waals surface area contributed by atoms with Gasteiger partial charge in [0, 0.05) is 38.6 Å². The average Bonchev–Trinajstić information content (AvgIpc) is 2.84. The summed E-state index contributed by atoms with van der Waals surface area (Å²) in [4.78, 5) is 18.1. The van der Waals surface area contributed by atoms with E-state index >= 15 is 0 Å². The minimum absolute atomic E-state index is 0.104. The Bertz CT molecular complexity index is 1270. The molecule has 4 nitrogen and oxygen atoms in total. The van der Waals surface area contributed by atoms with E-state index in [1.807, 2.05) is 36.4 Å². The summed E-state index contributed by atoms with van der Waals surface area (Å²) in [6.45, 7) is 4.92. The van der Waals surface area contributed by atoms with Gasteiger partial charge in [0.05, 0.1) is 13.7 Å². The largest absolute Gasteiger partial charge is 0.497 e. The molecule has 0 aromatic heterocycles. The molecule has 3 aromatic carbocycles. The van der Waals surface area contributed by atoms with Crippen LogP contribution in [0.4, 0.5) is 11.4 Å². The molecule has 0 bridgehead atoms. The van der Waals surface area contributed by atoms with Gasteiger partial charge in [0.2, 0.25) is 0 Å². The fourth-order valence-electron chi connectivity index (χ4n) is 5.15. The van der Waals surface area contributed by atoms with Crippen LogP contribution in [0.15, 0.2) is 88.5 Å². The summed E-state index contributed by atoms with van der Waals surface area (Å²) < 4.78 is 6.45. The van der Waals surface area contributed by atoms with Gasteiger partial charge in [-0.3, -0.25) is 4.79 Å². The number of anilines is 2. The molecule has 0 fully saturated rings. The Balaban J connectivity index is 1.74. The smallest absolute Gasteiger partial charge is 0.162 e. The fourth-order valence-corrected chi connectivity index (χ4v) is 5.54. The zero-order valence-corrected chi connectivity index (χ0v) is 22.4. The van der Waals surface area contributed by atoms with Gasteiger partial charge in [-0.25, -0.2) is 0 Å². The molecule has 1 heterocycles. The fraction of sp³-hybridized carbons (Fsp3) is 0.276. The van der Waals surface area contributed by atoms with Gasteiger partial charge in [0.15, 0.2) is 5.78 Å². The van der Waals surface area contributed by atoms with Gasteiger partial charge in [0.25, 0.3) is 0 Å². The van der Waals surface area contributed by atoms with E-state index in [9.17, 15) is 4.79 Å². The first-order chi connectivity index (χ1) is 16.8. The Morgan fingerprint density at radius 2 is 1.54 bits per heavy atom. The van der Waals surface area contributed by atoms with E-state index in [1.54, 1.807) is 7.11 Å². The molecule has 35 heavy (non-hydrogen) atoms. The molecule has 3 aromatic rings. The van der Waals surface area contributed by atoms with Crippen molar-refractivity contribution in [2.24, 2.45) is 5.41 Å². The Morgan fingerprint density at radius 3 is 2.17 bits per heavy atom. The molecule has 6 heteroatoms. The van der Waals surface area contributed by atoms with Crippen LogP contribution < -0.4 is 14.5 Å². The maximum absolute atomic E-state index is 13.5. The van der Waals surface area contributed by atoms with Crippen LogP contribution in [0.2, 0.25) is 5.02 Å². The number of Topliss-reactive ketones (excluding diaryl/α,β-unsaturated/α-hetero) is 1. The van der Waals surface area contributed by atoms with Crippen LogP contribution in [-0.2, 0) is 4.79 Å². The van der Waals surface area contributed by atoms with Gasteiger partial charge in [-0.05, 0) is 78.1 Å². The Hall–Kier alpha value is -2.76. The number of methoxy groups -OCH3 is 1. The van der Waals surface area contributed by atoms with Crippen molar-refractivity contribution in [3.05, 3.63) is 99.1 Å². The van der Waals surface area contributed by atoms with E-state index in [1.165, 1.54) is 0 Å². The third kappa shape index (κ3) is 4.72. The van der Waals surface area contributed by atoms with E-state index in [2.05, 4.69) is 76.0 Å². The molecule has 2 aliphatic rings. The predicted octanol–water partition coefficient (Wildman–Crippen LogP) is 7.78. The molecule has 180 valence electrons. The van der Waals surface area contributed by atoms with Crippen molar-refractivity contribution in [2.75, 3.05) is 23.5 Å². The molecule has 0 spiro atoms. The number of carbonyl (C=O) groups is 1. The van der Waals surface area contributed by atoms with Crippen molar-refractivity contribution in [3.63, 3.8) is 0 Å². The highest BCUT2D eigenvalue weighted by molar-refractivity contribution is 9.10. The van der Waals surface area contributed by atoms with E-state index < -0.39 is 0 Å². The van der Waals surface area contributed by atoms with Crippen LogP contribution in [0.25, 0.3) is 0 Å². The summed E-state index contributed by atoms with van der Waals surface area (Å²) in [6.07, 6.45) is 1.25. The molecular weight excluding hydrogens is 524 g/mol. The number of halogens is 2. The van der Waals surface area contributed by atoms with Crippen molar-refractivity contribution in [1.29, 1.82) is 0 Å². The van der Waals surface area contributed by atoms with Crippen molar-refractivity contribution < 1.29 is 9.53 Å². The molecule has 0 N–H and O–H groups in total. The van der Waals surface area contributed by atoms with Crippen LogP contribution in [0, 0.1) is 5.41 Å². The molecule has 0 radical (unpaired) electrons. The lowest BCUT2D eigenvalue weighted by atomic mass is 9.74. The first kappa shape index (κ1) is 24.0. The second kappa shape index (κ2) is 9.36. The second-order valence-corrected chi connectivity index (χ2v) is 11.3. The average molecular weight is 552 g/mol. The monoisotopic (exact) mass is 550 g/mol. The summed E-state index contributed by atoms with van der Waals surface area (Å²) in [5, 5.41) is 0.688. The number of allylic oxidation sites excluding steroid dienone is 1. The standard InChI is InChI=1S/C29H28BrClN2O2/c1-29(2)16-26-25(27(34)17-29)18-32(22-10-8-21(31)9-11-22)28(19-4-6-20(30)7-5-19)33(26)23-12-14-24(35-3)15-13-23/h4-15,28H,16-18H2,1-3H3. The summed E-state index contributed by atoms with van der Waals surface area (Å²) in [6, 6.07) is 24.4. The van der Waals surface area contributed by atoms with Gasteiger partial charge >= 0.3 is 0 Å². The zero-order chi connectivity index (χ0) is 24.7. The quantitative estimate of drug-likeness (QED) is 0.331. The Labute approximate surface area is 220 Å². The number of hydrogen-bond acceptors (Lipinski definition) is 4. The van der Waals surface area contributed by atoms with Crippen molar-refractivity contribution in [1.82, 2.24) is 0 Å². The van der Waals surface area contributed by atoms with Crippen molar-refractivity contribution >= 4 is 44.7 Å². The van der Waals surface area contributed by atoms with E-state index in [4.69, 9.17) is 16.3 Å². The molecule has 5 rings (SSSR count). The molecule has 0 saturated heterocycles. The highest BCUT2D eigenvalue weighted by atomic mass is 79.9. The minimum Gasteiger partial charge on any atom is -0.497 e. The third-order valence-electron chi connectivity index (χ3n) is 6.81. The molecule has 0 amide bonds. The Morgan fingerprint density at radius 1 is 0.914 bits per heavy atom. The van der Waals surface area contributed by atoms with Gasteiger partial charge in [-0.1, -0.05) is 53.5 Å². The molecule has 1 unspecified atom stereocenters. The number of nitrogens with zero attached hydrogens (tertiary/aromatic N) is 2. The maximum atomic E-state index is 13.5. The first-order valence-corrected chi connectivity index (χ1v) is 12.9. The number of rotatable bonds is 4. The van der Waals surface area contributed by atoms with E-state index in [-0.39, 0.29) is 17.4 Å². The summed E-state index contributed by atoms with van der Waals surface area (Å²) in [7, 11) is 1.67. The zero-order valence-electron chi connectivity index (χ0n) is 20.1. The lowest BCUT2D eigenvalue weighted by molar-refractivity contribution is -0.118. The van der Waals surface area contributed by atoms with Crippen LogP contribution in [0.3, 0.4) is 0 Å². The van der Waals surface area contributed by atoms with Crippen LogP contribution >= 0.6 is 27.5 Å². The lowest BCUT2D eigenvalue weighted by Crippen LogP contribution is -2.51. The lowest BCUT2D eigenvalue weighted by Gasteiger charge is -2.51. The van der Waals surface area contributed by atoms with E-state index in [0.717, 1.165) is 44.9 Å². The highest BCUT2D eigenvalue weighted by Gasteiger charge is 2.43. The number of ether oxygens (including phenoxy) is 1. The maximum Gasteiger partial charge on any atom is 0.162 e. The summed E-state index contributed by atoms with van der Waals surface area (Å²) in [5.41, 5.74) is 5.08. The molecule has 1 aliphatic heterocycles. The van der Waals surface area contributed by atoms with Gasteiger partial charge in [0.1, 0.15) is 11.9 Å². The second-order valence-electron chi connectivity index (χ2n) is 9.96. The normalized spacial score (nSPS) is 19.6. The molecule has 1 atom stereocenters. The first-order valence-electron chi connectivity index (χ1n) is 11.7. The van der Waals surface area contributed by atoms with Crippen molar-refractivity contribution in [2.45, 2.75) is 32.9 Å². The third-order valence-corrected chi connectivity index (χ3v) is 7.59. The summed E-state index contributed by atoms with van der Waals surface area (Å²) in [5.74, 6) is 1.03. The minimum atomic E-state index is -0.141. The number of benzene rings is 3. The van der Waals surface area contributed by atoms with E-state index in [0.29, 0.717) is 18.0 Å². The number of ketones is 1. The van der Waals surface area contributed by atoms with Crippen LogP contribution in [-0.4, -0.2) is 19.4 Å². The SMILES string of the molecule is COc1ccc(N2C3=C(CN(c4ccc(Cl)cc4)C2c2ccc(Br)cc2)C(=O)CC(C)(C)C3)cc1.